The quantitative estimate of drug-likeness (QED) is 0.908. The molecular formula is C19H24N4O2. The predicted octanol–water partition coefficient (Wildman–Crippen LogP) is 3.03. The number of aryl methyl sites for hydroxylation is 1. The van der Waals surface area contributed by atoms with Crippen molar-refractivity contribution < 1.29 is 9.32 Å². The van der Waals surface area contributed by atoms with Crippen molar-refractivity contribution >= 4 is 6.03 Å². The molecule has 2 amide bonds. The topological polar surface area (TPSA) is 71.3 Å². The van der Waals surface area contributed by atoms with Gasteiger partial charge in [0, 0.05) is 32.0 Å². The highest BCUT2D eigenvalue weighted by Crippen LogP contribution is 2.39. The van der Waals surface area contributed by atoms with Crippen LogP contribution < -0.4 is 5.32 Å². The minimum Gasteiger partial charge on any atom is -0.339 e. The number of urea groups is 1. The van der Waals surface area contributed by atoms with E-state index in [1.807, 2.05) is 4.90 Å². The number of hydrogen-bond acceptors (Lipinski definition) is 4. The van der Waals surface area contributed by atoms with Gasteiger partial charge in [-0.3, -0.25) is 0 Å². The lowest BCUT2D eigenvalue weighted by molar-refractivity contribution is 0.206. The van der Waals surface area contributed by atoms with E-state index in [1.54, 1.807) is 0 Å². The van der Waals surface area contributed by atoms with E-state index >= 15 is 0 Å². The zero-order chi connectivity index (χ0) is 17.2. The Morgan fingerprint density at radius 1 is 1.28 bits per heavy atom. The second-order valence-corrected chi connectivity index (χ2v) is 7.27. The van der Waals surface area contributed by atoms with Crippen LogP contribution in [0.4, 0.5) is 4.79 Å². The summed E-state index contributed by atoms with van der Waals surface area (Å²) in [6.45, 7) is 4.17. The third kappa shape index (κ3) is 4.00. The fourth-order valence-corrected chi connectivity index (χ4v) is 3.28. The number of amides is 2. The van der Waals surface area contributed by atoms with Crippen LogP contribution in [0.25, 0.3) is 0 Å². The van der Waals surface area contributed by atoms with E-state index in [2.05, 4.69) is 46.6 Å². The van der Waals surface area contributed by atoms with Crippen LogP contribution in [0.15, 0.2) is 28.8 Å². The van der Waals surface area contributed by atoms with Crippen molar-refractivity contribution in [3.63, 3.8) is 0 Å². The number of rotatable bonds is 5. The number of carbonyl (C=O) groups is 1. The Morgan fingerprint density at radius 3 is 2.84 bits per heavy atom. The molecule has 2 heterocycles. The first-order valence-electron chi connectivity index (χ1n) is 9.08. The molecule has 1 aliphatic heterocycles. The summed E-state index contributed by atoms with van der Waals surface area (Å²) >= 11 is 0. The molecule has 2 fully saturated rings. The largest absolute Gasteiger partial charge is 0.339 e. The molecule has 2 aliphatic rings. The molecule has 1 saturated carbocycles. The summed E-state index contributed by atoms with van der Waals surface area (Å²) in [5.41, 5.74) is 2.35. The van der Waals surface area contributed by atoms with Gasteiger partial charge < -0.3 is 14.7 Å². The van der Waals surface area contributed by atoms with Gasteiger partial charge >= 0.3 is 6.03 Å². The highest BCUT2D eigenvalue weighted by molar-refractivity contribution is 5.74. The molecule has 6 nitrogen and oxygen atoms in total. The van der Waals surface area contributed by atoms with Gasteiger partial charge in [0.25, 0.3) is 0 Å². The Morgan fingerprint density at radius 2 is 2.08 bits per heavy atom. The van der Waals surface area contributed by atoms with Crippen molar-refractivity contribution in [2.24, 2.45) is 5.92 Å². The molecule has 1 aliphatic carbocycles. The van der Waals surface area contributed by atoms with Gasteiger partial charge in [-0.25, -0.2) is 4.79 Å². The van der Waals surface area contributed by atoms with E-state index in [1.165, 1.54) is 18.4 Å². The van der Waals surface area contributed by atoms with Gasteiger partial charge in [0.1, 0.15) is 0 Å². The van der Waals surface area contributed by atoms with Crippen LogP contribution in [0, 0.1) is 12.8 Å². The van der Waals surface area contributed by atoms with Gasteiger partial charge in [-0.15, -0.1) is 0 Å². The van der Waals surface area contributed by atoms with E-state index < -0.39 is 0 Å². The summed E-state index contributed by atoms with van der Waals surface area (Å²) in [6.07, 6.45) is 4.11. The van der Waals surface area contributed by atoms with Crippen LogP contribution in [0.5, 0.6) is 0 Å². The summed E-state index contributed by atoms with van der Waals surface area (Å²) in [6, 6.07) is 8.24. The molecule has 0 radical (unpaired) electrons. The van der Waals surface area contributed by atoms with Crippen molar-refractivity contribution in [3.05, 3.63) is 47.1 Å². The van der Waals surface area contributed by atoms with E-state index in [-0.39, 0.29) is 6.03 Å². The van der Waals surface area contributed by atoms with Gasteiger partial charge in [0.15, 0.2) is 5.82 Å². The molecule has 1 atom stereocenters. The number of nitrogens with zero attached hydrogens (tertiary/aromatic N) is 3. The third-order valence-electron chi connectivity index (χ3n) is 5.02. The van der Waals surface area contributed by atoms with Crippen LogP contribution in [0.1, 0.15) is 48.0 Å². The average Bonchev–Trinajstić information content (AvgIpc) is 3.18. The zero-order valence-corrected chi connectivity index (χ0v) is 14.6. The molecule has 1 saturated heterocycles. The summed E-state index contributed by atoms with van der Waals surface area (Å²) < 4.78 is 5.32. The van der Waals surface area contributed by atoms with Crippen LogP contribution in [0.2, 0.25) is 0 Å². The van der Waals surface area contributed by atoms with Crippen LogP contribution in [-0.4, -0.2) is 34.2 Å². The lowest BCUT2D eigenvalue weighted by Gasteiger charge is -2.17. The number of likely N-dealkylation sites (tertiary alicyclic amines) is 1. The average molecular weight is 340 g/mol. The molecule has 2 aromatic rings. The highest BCUT2D eigenvalue weighted by atomic mass is 16.5. The van der Waals surface area contributed by atoms with Gasteiger partial charge in [-0.05, 0) is 37.7 Å². The van der Waals surface area contributed by atoms with Gasteiger partial charge in [0.05, 0.1) is 0 Å². The SMILES string of the molecule is Cc1ccc(CNC(=O)N2CCC(Cc3noc(C4CC4)n3)C2)cc1. The van der Waals surface area contributed by atoms with Crippen molar-refractivity contribution in [2.75, 3.05) is 13.1 Å². The fraction of sp³-hybridized carbons (Fsp3) is 0.526. The summed E-state index contributed by atoms with van der Waals surface area (Å²) in [5, 5.41) is 7.10. The molecular weight excluding hydrogens is 316 g/mol. The zero-order valence-electron chi connectivity index (χ0n) is 14.6. The first kappa shape index (κ1) is 16.1. The van der Waals surface area contributed by atoms with Crippen molar-refractivity contribution in [1.82, 2.24) is 20.4 Å². The van der Waals surface area contributed by atoms with Crippen molar-refractivity contribution in [1.29, 1.82) is 0 Å². The lowest BCUT2D eigenvalue weighted by Crippen LogP contribution is -2.38. The normalized spacial score (nSPS) is 20.0. The Labute approximate surface area is 147 Å². The predicted molar refractivity (Wildman–Crippen MR) is 93.1 cm³/mol. The molecule has 0 spiro atoms. The van der Waals surface area contributed by atoms with Crippen LogP contribution in [-0.2, 0) is 13.0 Å². The molecule has 1 aromatic heterocycles. The molecule has 1 unspecified atom stereocenters. The molecule has 4 rings (SSSR count). The Hall–Kier alpha value is -2.37. The number of carbonyl (C=O) groups excluding carboxylic acids is 1. The minimum atomic E-state index is 0.00913. The van der Waals surface area contributed by atoms with Crippen LogP contribution >= 0.6 is 0 Å². The maximum atomic E-state index is 12.4. The van der Waals surface area contributed by atoms with E-state index in [9.17, 15) is 4.79 Å². The first-order chi connectivity index (χ1) is 12.2. The van der Waals surface area contributed by atoms with E-state index in [4.69, 9.17) is 4.52 Å². The molecule has 0 bridgehead atoms. The lowest BCUT2D eigenvalue weighted by atomic mass is 10.1. The monoisotopic (exact) mass is 340 g/mol. The summed E-state index contributed by atoms with van der Waals surface area (Å²) in [4.78, 5) is 18.7. The molecule has 25 heavy (non-hydrogen) atoms. The second-order valence-electron chi connectivity index (χ2n) is 7.27. The van der Waals surface area contributed by atoms with E-state index in [0.717, 1.165) is 43.2 Å². The van der Waals surface area contributed by atoms with Crippen LogP contribution in [0.3, 0.4) is 0 Å². The molecule has 1 aromatic carbocycles. The molecule has 6 heteroatoms. The number of nitrogens with one attached hydrogen (secondary N) is 1. The standard InChI is InChI=1S/C19H24N4O2/c1-13-2-4-14(5-3-13)11-20-19(24)23-9-8-15(12-23)10-17-21-18(25-22-17)16-6-7-16/h2-5,15-16H,6-12H2,1H3,(H,20,24). The maximum absolute atomic E-state index is 12.4. The number of benzene rings is 1. The second kappa shape index (κ2) is 6.86. The molecule has 132 valence electrons. The van der Waals surface area contributed by atoms with Gasteiger partial charge in [-0.2, -0.15) is 4.98 Å². The van der Waals surface area contributed by atoms with E-state index in [0.29, 0.717) is 18.4 Å². The minimum absolute atomic E-state index is 0.00913. The fourth-order valence-electron chi connectivity index (χ4n) is 3.28. The third-order valence-corrected chi connectivity index (χ3v) is 5.02. The number of hydrogen-bond donors (Lipinski definition) is 1. The van der Waals surface area contributed by atoms with Crippen molar-refractivity contribution in [2.45, 2.75) is 45.1 Å². The summed E-state index contributed by atoms with van der Waals surface area (Å²) in [7, 11) is 0. The Kier molecular flexibility index (Phi) is 4.42. The van der Waals surface area contributed by atoms with Gasteiger partial charge in [-0.1, -0.05) is 35.0 Å². The Bertz CT molecular complexity index is 736. The molecule has 1 N–H and O–H groups in total. The number of aromatic nitrogens is 2. The maximum Gasteiger partial charge on any atom is 0.317 e. The van der Waals surface area contributed by atoms with Crippen molar-refractivity contribution in [3.8, 4) is 0 Å². The highest BCUT2D eigenvalue weighted by Gasteiger charge is 2.31. The summed E-state index contributed by atoms with van der Waals surface area (Å²) in [5.74, 6) is 2.48. The first-order valence-corrected chi connectivity index (χ1v) is 9.08. The van der Waals surface area contributed by atoms with Gasteiger partial charge in [0.2, 0.25) is 5.89 Å². The smallest absolute Gasteiger partial charge is 0.317 e. The Balaban J connectivity index is 1.24.